The fourth-order valence-electron chi connectivity index (χ4n) is 4.88. The molecule has 35 heavy (non-hydrogen) atoms. The standard InChI is InChI=1S/C22H28F3N7O3/c23-22(24,25)19-16(13-29-30-20(19)33)27-6-10-35-17-5-9-32(21(17)34)15-3-7-31(8-4-15)18-2-1-14(11-26)12-28-18/h1-2,12,15-17,19,27,29H,3-10,13H2,(H,30,33)/t16?,17-,19?/m1/s1. The molecule has 4 heterocycles. The minimum absolute atomic E-state index is 0.0652. The van der Waals surface area contributed by atoms with Crippen molar-refractivity contribution in [3.8, 4) is 6.07 Å². The molecule has 3 aliphatic heterocycles. The Balaban J connectivity index is 1.20. The van der Waals surface area contributed by atoms with Gasteiger partial charge in [-0.2, -0.15) is 18.4 Å². The number of hydrogen-bond acceptors (Lipinski definition) is 8. The average Bonchev–Trinajstić information content (AvgIpc) is 3.21. The van der Waals surface area contributed by atoms with Crippen LogP contribution in [-0.2, 0) is 14.3 Å². The molecule has 3 N–H and O–H groups in total. The van der Waals surface area contributed by atoms with Crippen LogP contribution < -0.4 is 21.1 Å². The van der Waals surface area contributed by atoms with Gasteiger partial charge in [0.1, 0.15) is 18.0 Å². The molecule has 4 rings (SSSR count). The van der Waals surface area contributed by atoms with Crippen molar-refractivity contribution < 1.29 is 27.5 Å². The van der Waals surface area contributed by atoms with E-state index in [0.717, 1.165) is 31.7 Å². The number of alkyl halides is 3. The molecule has 3 aliphatic rings. The number of pyridine rings is 1. The fraction of sp³-hybridized carbons (Fsp3) is 0.636. The number of aromatic nitrogens is 1. The second kappa shape index (κ2) is 10.8. The highest BCUT2D eigenvalue weighted by Crippen LogP contribution is 2.30. The molecular weight excluding hydrogens is 467 g/mol. The number of carbonyl (C=O) groups excluding carboxylic acids is 2. The van der Waals surface area contributed by atoms with Crippen molar-refractivity contribution in [2.24, 2.45) is 5.92 Å². The smallest absolute Gasteiger partial charge is 0.367 e. The first-order valence-electron chi connectivity index (χ1n) is 11.6. The van der Waals surface area contributed by atoms with Gasteiger partial charge in [0.15, 0.2) is 5.92 Å². The average molecular weight is 496 g/mol. The van der Waals surface area contributed by atoms with E-state index in [-0.39, 0.29) is 31.6 Å². The molecule has 1 aromatic heterocycles. The number of nitrogens with one attached hydrogen (secondary N) is 3. The van der Waals surface area contributed by atoms with E-state index in [0.29, 0.717) is 18.5 Å². The lowest BCUT2D eigenvalue weighted by atomic mass is 9.96. The van der Waals surface area contributed by atoms with Crippen molar-refractivity contribution in [1.29, 1.82) is 5.26 Å². The van der Waals surface area contributed by atoms with Crippen LogP contribution in [0.5, 0.6) is 0 Å². The number of carbonyl (C=O) groups is 2. The molecule has 0 radical (unpaired) electrons. The first kappa shape index (κ1) is 25.2. The van der Waals surface area contributed by atoms with Crippen LogP contribution in [0, 0.1) is 17.2 Å². The van der Waals surface area contributed by atoms with Crippen LogP contribution in [0.2, 0.25) is 0 Å². The number of nitrogens with zero attached hydrogens (tertiary/aromatic N) is 4. The zero-order valence-electron chi connectivity index (χ0n) is 19.1. The molecule has 0 aliphatic carbocycles. The number of anilines is 1. The fourth-order valence-corrected chi connectivity index (χ4v) is 4.88. The first-order chi connectivity index (χ1) is 16.8. The summed E-state index contributed by atoms with van der Waals surface area (Å²) < 4.78 is 45.3. The Morgan fingerprint density at radius 2 is 1.97 bits per heavy atom. The number of likely N-dealkylation sites (tertiary alicyclic amines) is 1. The van der Waals surface area contributed by atoms with Crippen LogP contribution in [0.15, 0.2) is 18.3 Å². The Morgan fingerprint density at radius 3 is 2.63 bits per heavy atom. The van der Waals surface area contributed by atoms with E-state index in [9.17, 15) is 22.8 Å². The molecule has 190 valence electrons. The van der Waals surface area contributed by atoms with Gasteiger partial charge in [-0.1, -0.05) is 0 Å². The Bertz CT molecular complexity index is 945. The molecule has 0 aromatic carbocycles. The van der Waals surface area contributed by atoms with Crippen LogP contribution in [-0.4, -0.2) is 85.4 Å². The number of piperidine rings is 1. The molecule has 0 saturated carbocycles. The molecule has 0 bridgehead atoms. The molecule has 1 aromatic rings. The van der Waals surface area contributed by atoms with Gasteiger partial charge in [0.2, 0.25) is 5.91 Å². The Kier molecular flexibility index (Phi) is 7.73. The summed E-state index contributed by atoms with van der Waals surface area (Å²) in [6.45, 7) is 2.16. The first-order valence-corrected chi connectivity index (χ1v) is 11.6. The lowest BCUT2D eigenvalue weighted by Crippen LogP contribution is -2.63. The van der Waals surface area contributed by atoms with Crippen molar-refractivity contribution in [2.45, 2.75) is 43.6 Å². The van der Waals surface area contributed by atoms with E-state index in [1.54, 1.807) is 12.3 Å². The number of hydrazine groups is 1. The Labute approximate surface area is 200 Å². The van der Waals surface area contributed by atoms with Gasteiger partial charge >= 0.3 is 6.18 Å². The maximum atomic E-state index is 13.2. The Hall–Kier alpha value is -2.95. The second-order valence-electron chi connectivity index (χ2n) is 8.86. The molecular formula is C22H28F3N7O3. The third-order valence-electron chi connectivity index (χ3n) is 6.70. The van der Waals surface area contributed by atoms with Crippen molar-refractivity contribution in [2.75, 3.05) is 44.2 Å². The SMILES string of the molecule is N#Cc1ccc(N2CCC(N3CC[C@@H](OCCNC4CNNC(=O)C4C(F)(F)F)C3=O)CC2)nc1. The predicted molar refractivity (Wildman–Crippen MR) is 118 cm³/mol. The number of rotatable bonds is 7. The molecule has 10 nitrogen and oxygen atoms in total. The lowest BCUT2D eigenvalue weighted by Gasteiger charge is -2.37. The topological polar surface area (TPSA) is 123 Å². The number of ether oxygens (including phenoxy) is 1. The zero-order valence-corrected chi connectivity index (χ0v) is 19.1. The highest BCUT2D eigenvalue weighted by molar-refractivity contribution is 5.83. The number of hydrogen-bond donors (Lipinski definition) is 3. The van der Waals surface area contributed by atoms with Crippen molar-refractivity contribution >= 4 is 17.6 Å². The normalized spacial score (nSPS) is 26.1. The van der Waals surface area contributed by atoms with Crippen molar-refractivity contribution in [1.82, 2.24) is 26.1 Å². The molecule has 2 unspecified atom stereocenters. The maximum Gasteiger partial charge on any atom is 0.402 e. The van der Waals surface area contributed by atoms with Crippen LogP contribution in [0.25, 0.3) is 0 Å². The van der Waals surface area contributed by atoms with Gasteiger partial charge in [-0.15, -0.1) is 0 Å². The van der Waals surface area contributed by atoms with E-state index in [4.69, 9.17) is 10.00 Å². The maximum absolute atomic E-state index is 13.2. The monoisotopic (exact) mass is 495 g/mol. The summed E-state index contributed by atoms with van der Waals surface area (Å²) >= 11 is 0. The Morgan fingerprint density at radius 1 is 1.20 bits per heavy atom. The second-order valence-corrected chi connectivity index (χ2v) is 8.86. The van der Waals surface area contributed by atoms with Gasteiger partial charge < -0.3 is 19.9 Å². The van der Waals surface area contributed by atoms with Gasteiger partial charge in [0.25, 0.3) is 5.91 Å². The minimum Gasteiger partial charge on any atom is -0.367 e. The molecule has 2 amide bonds. The van der Waals surface area contributed by atoms with E-state index < -0.39 is 30.1 Å². The summed E-state index contributed by atoms with van der Waals surface area (Å²) in [6, 6.07) is 4.60. The largest absolute Gasteiger partial charge is 0.402 e. The van der Waals surface area contributed by atoms with Gasteiger partial charge in [0, 0.05) is 57.4 Å². The molecule has 3 fully saturated rings. The summed E-state index contributed by atoms with van der Waals surface area (Å²) in [4.78, 5) is 32.8. The van der Waals surface area contributed by atoms with Gasteiger partial charge in [-0.05, 0) is 25.0 Å². The number of halogens is 3. The minimum atomic E-state index is -4.65. The molecule has 3 atom stereocenters. The van der Waals surface area contributed by atoms with Crippen molar-refractivity contribution in [3.63, 3.8) is 0 Å². The highest BCUT2D eigenvalue weighted by atomic mass is 19.4. The van der Waals surface area contributed by atoms with E-state index in [1.165, 1.54) is 0 Å². The quantitative estimate of drug-likeness (QED) is 0.462. The van der Waals surface area contributed by atoms with Crippen LogP contribution in [0.1, 0.15) is 24.8 Å². The summed E-state index contributed by atoms with van der Waals surface area (Å²) in [5.74, 6) is -2.54. The molecule has 3 saturated heterocycles. The van der Waals surface area contributed by atoms with Gasteiger partial charge in [-0.3, -0.25) is 15.0 Å². The van der Waals surface area contributed by atoms with E-state index >= 15 is 0 Å². The summed E-state index contributed by atoms with van der Waals surface area (Å²) in [5.41, 5.74) is 4.97. The third-order valence-corrected chi connectivity index (χ3v) is 6.70. The van der Waals surface area contributed by atoms with Gasteiger partial charge in [0.05, 0.1) is 12.2 Å². The predicted octanol–water partition coefficient (Wildman–Crippen LogP) is 0.311. The molecule has 13 heteroatoms. The van der Waals surface area contributed by atoms with Crippen molar-refractivity contribution in [3.05, 3.63) is 23.9 Å². The lowest BCUT2D eigenvalue weighted by molar-refractivity contribution is -0.192. The van der Waals surface area contributed by atoms with Gasteiger partial charge in [-0.25, -0.2) is 10.4 Å². The van der Waals surface area contributed by atoms with Crippen LogP contribution in [0.4, 0.5) is 19.0 Å². The van der Waals surface area contributed by atoms with E-state index in [1.807, 2.05) is 22.5 Å². The van der Waals surface area contributed by atoms with E-state index in [2.05, 4.69) is 20.6 Å². The zero-order chi connectivity index (χ0) is 25.0. The van der Waals surface area contributed by atoms with Crippen LogP contribution in [0.3, 0.4) is 0 Å². The van der Waals surface area contributed by atoms with Crippen LogP contribution >= 0.6 is 0 Å². The number of nitriles is 1. The summed E-state index contributed by atoms with van der Waals surface area (Å²) in [6.07, 6.45) is -1.60. The molecule has 0 spiro atoms. The number of amides is 2. The third kappa shape index (κ3) is 5.83. The summed E-state index contributed by atoms with van der Waals surface area (Å²) in [5, 5.41) is 11.6. The summed E-state index contributed by atoms with van der Waals surface area (Å²) in [7, 11) is 0. The highest BCUT2D eigenvalue weighted by Gasteiger charge is 2.51.